The van der Waals surface area contributed by atoms with Crippen LogP contribution < -0.4 is 0 Å². The summed E-state index contributed by atoms with van der Waals surface area (Å²) < 4.78 is 0. The maximum Gasteiger partial charge on any atom is -0.0216 e. The number of aryl methyl sites for hydroxylation is 1. The van der Waals surface area contributed by atoms with Crippen molar-refractivity contribution < 1.29 is 0 Å². The molecule has 0 heteroatoms. The van der Waals surface area contributed by atoms with Crippen molar-refractivity contribution in [1.82, 2.24) is 0 Å². The van der Waals surface area contributed by atoms with Crippen LogP contribution in [0.25, 0.3) is 0 Å². The van der Waals surface area contributed by atoms with Gasteiger partial charge in [-0.15, -0.1) is 0 Å². The molecular formula is C14H26. The Bertz CT molecular complexity index is 223. The first kappa shape index (κ1) is 15.7. The quantitative estimate of drug-likeness (QED) is 0.619. The van der Waals surface area contributed by atoms with Crippen molar-refractivity contribution in [2.75, 3.05) is 0 Å². The maximum absolute atomic E-state index is 2.24. The van der Waals surface area contributed by atoms with E-state index in [0.717, 1.165) is 6.42 Å². The smallest absolute Gasteiger partial charge is 0.0216 e. The highest BCUT2D eigenvalue weighted by molar-refractivity contribution is 5.29. The lowest BCUT2D eigenvalue weighted by Crippen LogP contribution is -1.93. The molecule has 0 bridgehead atoms. The molecule has 0 saturated heterocycles. The number of rotatable bonds is 2. The standard InChI is InChI=1S/C11H16.C2H6.CH4/c1-4-10-7-5-6-8-11(10)9(2)3;1-2;/h5-9H,4H2,1-3H3;1-2H3;1H4. The molecule has 0 aliphatic heterocycles. The molecule has 0 N–H and O–H groups in total. The zero-order valence-electron chi connectivity index (χ0n) is 9.59. The highest BCUT2D eigenvalue weighted by Gasteiger charge is 2.02. The monoisotopic (exact) mass is 194 g/mol. The third kappa shape index (κ3) is 4.45. The van der Waals surface area contributed by atoms with Crippen molar-refractivity contribution in [1.29, 1.82) is 0 Å². The minimum Gasteiger partial charge on any atom is -0.0776 e. The topological polar surface area (TPSA) is 0 Å². The summed E-state index contributed by atoms with van der Waals surface area (Å²) in [6, 6.07) is 8.68. The fourth-order valence-electron chi connectivity index (χ4n) is 1.42. The molecule has 0 fully saturated rings. The largest absolute Gasteiger partial charge is 0.0776 e. The first-order valence-electron chi connectivity index (χ1n) is 5.33. The third-order valence-electron chi connectivity index (χ3n) is 2.06. The van der Waals surface area contributed by atoms with Gasteiger partial charge in [0, 0.05) is 0 Å². The minimum atomic E-state index is 0. The van der Waals surface area contributed by atoms with Gasteiger partial charge in [-0.3, -0.25) is 0 Å². The summed E-state index contributed by atoms with van der Waals surface area (Å²) >= 11 is 0. The van der Waals surface area contributed by atoms with Crippen LogP contribution in [0.4, 0.5) is 0 Å². The van der Waals surface area contributed by atoms with Gasteiger partial charge in [-0.1, -0.05) is 66.3 Å². The second-order valence-electron chi connectivity index (χ2n) is 3.21. The average molecular weight is 194 g/mol. The van der Waals surface area contributed by atoms with E-state index in [1.807, 2.05) is 13.8 Å². The van der Waals surface area contributed by atoms with Crippen LogP contribution in [0.3, 0.4) is 0 Å². The Morgan fingerprint density at radius 3 is 1.93 bits per heavy atom. The van der Waals surface area contributed by atoms with E-state index in [2.05, 4.69) is 45.0 Å². The van der Waals surface area contributed by atoms with E-state index in [-0.39, 0.29) is 7.43 Å². The van der Waals surface area contributed by atoms with Crippen LogP contribution in [0.15, 0.2) is 24.3 Å². The van der Waals surface area contributed by atoms with Crippen molar-refractivity contribution in [3.05, 3.63) is 35.4 Å². The molecule has 1 aromatic rings. The summed E-state index contributed by atoms with van der Waals surface area (Å²) in [5.41, 5.74) is 2.98. The molecule has 0 spiro atoms. The predicted molar refractivity (Wildman–Crippen MR) is 68.0 cm³/mol. The molecule has 14 heavy (non-hydrogen) atoms. The summed E-state index contributed by atoms with van der Waals surface area (Å²) in [5, 5.41) is 0. The lowest BCUT2D eigenvalue weighted by molar-refractivity contribution is 0.844. The van der Waals surface area contributed by atoms with Crippen molar-refractivity contribution in [3.8, 4) is 0 Å². The SMILES string of the molecule is C.CC.CCc1ccccc1C(C)C. The molecule has 0 saturated carbocycles. The van der Waals surface area contributed by atoms with E-state index in [1.54, 1.807) is 0 Å². The molecule has 0 amide bonds. The number of benzene rings is 1. The van der Waals surface area contributed by atoms with Crippen molar-refractivity contribution in [3.63, 3.8) is 0 Å². The number of hydrogen-bond donors (Lipinski definition) is 0. The molecule has 0 nitrogen and oxygen atoms in total. The third-order valence-corrected chi connectivity index (χ3v) is 2.06. The Labute approximate surface area is 90.4 Å². The van der Waals surface area contributed by atoms with Gasteiger partial charge in [0.05, 0.1) is 0 Å². The van der Waals surface area contributed by atoms with Gasteiger partial charge in [0.25, 0.3) is 0 Å². The van der Waals surface area contributed by atoms with E-state index in [0.29, 0.717) is 5.92 Å². The van der Waals surface area contributed by atoms with Crippen LogP contribution in [0.5, 0.6) is 0 Å². The summed E-state index contributed by atoms with van der Waals surface area (Å²) in [7, 11) is 0. The van der Waals surface area contributed by atoms with Gasteiger partial charge in [0.1, 0.15) is 0 Å². The molecule has 0 aliphatic rings. The Morgan fingerprint density at radius 2 is 1.57 bits per heavy atom. The normalized spacial score (nSPS) is 8.71. The maximum atomic E-state index is 2.24. The highest BCUT2D eigenvalue weighted by Crippen LogP contribution is 2.18. The zero-order valence-corrected chi connectivity index (χ0v) is 9.59. The van der Waals surface area contributed by atoms with Gasteiger partial charge < -0.3 is 0 Å². The second kappa shape index (κ2) is 8.80. The molecule has 0 unspecified atom stereocenters. The Morgan fingerprint density at radius 1 is 1.07 bits per heavy atom. The first-order chi connectivity index (χ1) is 6.25. The van der Waals surface area contributed by atoms with Crippen LogP contribution in [-0.2, 0) is 6.42 Å². The lowest BCUT2D eigenvalue weighted by atomic mass is 9.96. The zero-order chi connectivity index (χ0) is 10.3. The molecule has 82 valence electrons. The molecule has 0 atom stereocenters. The molecule has 0 aromatic heterocycles. The fraction of sp³-hybridized carbons (Fsp3) is 0.571. The van der Waals surface area contributed by atoms with E-state index in [9.17, 15) is 0 Å². The summed E-state index contributed by atoms with van der Waals surface area (Å²) in [6.45, 7) is 10.7. The Hall–Kier alpha value is -0.780. The summed E-state index contributed by atoms with van der Waals surface area (Å²) in [4.78, 5) is 0. The molecule has 0 radical (unpaired) electrons. The molecular weight excluding hydrogens is 168 g/mol. The predicted octanol–water partition coefficient (Wildman–Crippen LogP) is 5.03. The van der Waals surface area contributed by atoms with E-state index >= 15 is 0 Å². The minimum absolute atomic E-state index is 0. The molecule has 0 aliphatic carbocycles. The van der Waals surface area contributed by atoms with Crippen LogP contribution in [0, 0.1) is 0 Å². The highest BCUT2D eigenvalue weighted by atomic mass is 14.1. The second-order valence-corrected chi connectivity index (χ2v) is 3.21. The Balaban J connectivity index is 0. The first-order valence-corrected chi connectivity index (χ1v) is 5.33. The van der Waals surface area contributed by atoms with Crippen LogP contribution in [0.2, 0.25) is 0 Å². The van der Waals surface area contributed by atoms with Crippen LogP contribution in [-0.4, -0.2) is 0 Å². The fourth-order valence-corrected chi connectivity index (χ4v) is 1.42. The summed E-state index contributed by atoms with van der Waals surface area (Å²) in [5.74, 6) is 0.658. The van der Waals surface area contributed by atoms with Crippen LogP contribution in [0.1, 0.15) is 59.1 Å². The Kier molecular flexibility index (Phi) is 9.86. The van der Waals surface area contributed by atoms with Gasteiger partial charge in [0.15, 0.2) is 0 Å². The molecule has 1 aromatic carbocycles. The van der Waals surface area contributed by atoms with Gasteiger partial charge in [-0.2, -0.15) is 0 Å². The van der Waals surface area contributed by atoms with Gasteiger partial charge in [0.2, 0.25) is 0 Å². The van der Waals surface area contributed by atoms with Gasteiger partial charge >= 0.3 is 0 Å². The lowest BCUT2D eigenvalue weighted by Gasteiger charge is -2.09. The van der Waals surface area contributed by atoms with Crippen molar-refractivity contribution >= 4 is 0 Å². The van der Waals surface area contributed by atoms with Crippen molar-refractivity contribution in [2.45, 2.75) is 54.4 Å². The summed E-state index contributed by atoms with van der Waals surface area (Å²) in [6.07, 6.45) is 1.15. The van der Waals surface area contributed by atoms with E-state index in [1.165, 1.54) is 11.1 Å². The van der Waals surface area contributed by atoms with E-state index < -0.39 is 0 Å². The molecule has 0 heterocycles. The van der Waals surface area contributed by atoms with Crippen molar-refractivity contribution in [2.24, 2.45) is 0 Å². The number of hydrogen-bond acceptors (Lipinski definition) is 0. The van der Waals surface area contributed by atoms with Gasteiger partial charge in [-0.05, 0) is 23.5 Å². The van der Waals surface area contributed by atoms with Gasteiger partial charge in [-0.25, -0.2) is 0 Å². The van der Waals surface area contributed by atoms with E-state index in [4.69, 9.17) is 0 Å². The molecule has 1 rings (SSSR count). The van der Waals surface area contributed by atoms with Crippen LogP contribution >= 0.6 is 0 Å². The average Bonchev–Trinajstić information content (AvgIpc) is 2.20.